The van der Waals surface area contributed by atoms with Crippen molar-refractivity contribution in [3.63, 3.8) is 0 Å². The lowest BCUT2D eigenvalue weighted by Crippen LogP contribution is -2.36. The van der Waals surface area contributed by atoms with E-state index in [1.165, 1.54) is 0 Å². The van der Waals surface area contributed by atoms with Crippen molar-refractivity contribution in [2.75, 3.05) is 14.2 Å². The molecule has 1 aliphatic rings. The van der Waals surface area contributed by atoms with E-state index < -0.39 is 0 Å². The van der Waals surface area contributed by atoms with Crippen LogP contribution in [0.4, 0.5) is 4.79 Å². The second kappa shape index (κ2) is 6.68. The number of benzene rings is 1. The van der Waals surface area contributed by atoms with Crippen LogP contribution in [0.1, 0.15) is 23.6 Å². The SMILES string of the molecule is COc1cccc(CN(C)C(=O)NCc2nnc3n2CCC3)c1. The van der Waals surface area contributed by atoms with Crippen molar-refractivity contribution in [1.82, 2.24) is 25.0 Å². The van der Waals surface area contributed by atoms with E-state index in [1.54, 1.807) is 19.1 Å². The first-order chi connectivity index (χ1) is 11.2. The molecule has 0 unspecified atom stereocenters. The molecule has 1 aliphatic heterocycles. The number of hydrogen-bond acceptors (Lipinski definition) is 4. The first kappa shape index (κ1) is 15.3. The molecule has 0 bridgehead atoms. The molecule has 1 aromatic heterocycles. The Balaban J connectivity index is 1.55. The van der Waals surface area contributed by atoms with Crippen molar-refractivity contribution in [1.29, 1.82) is 0 Å². The molecule has 0 spiro atoms. The number of aromatic nitrogens is 3. The summed E-state index contributed by atoms with van der Waals surface area (Å²) in [7, 11) is 3.40. The predicted molar refractivity (Wildman–Crippen MR) is 85.0 cm³/mol. The molecule has 0 saturated heterocycles. The average molecular weight is 315 g/mol. The topological polar surface area (TPSA) is 72.3 Å². The summed E-state index contributed by atoms with van der Waals surface area (Å²) in [6.45, 7) is 1.85. The van der Waals surface area contributed by atoms with Gasteiger partial charge in [-0.05, 0) is 24.1 Å². The summed E-state index contributed by atoms with van der Waals surface area (Å²) in [5.74, 6) is 2.62. The Morgan fingerprint density at radius 2 is 2.30 bits per heavy atom. The van der Waals surface area contributed by atoms with Crippen LogP contribution in [0.2, 0.25) is 0 Å². The van der Waals surface area contributed by atoms with Crippen molar-refractivity contribution in [3.05, 3.63) is 41.5 Å². The van der Waals surface area contributed by atoms with E-state index in [-0.39, 0.29) is 6.03 Å². The number of methoxy groups -OCH3 is 1. The van der Waals surface area contributed by atoms with Gasteiger partial charge in [-0.1, -0.05) is 12.1 Å². The highest BCUT2D eigenvalue weighted by atomic mass is 16.5. The highest BCUT2D eigenvalue weighted by Gasteiger charge is 2.18. The summed E-state index contributed by atoms with van der Waals surface area (Å²) in [6, 6.07) is 7.56. The normalized spacial score (nSPS) is 12.8. The van der Waals surface area contributed by atoms with Crippen LogP contribution in [0.15, 0.2) is 24.3 Å². The molecule has 0 saturated carbocycles. The molecular formula is C16H21N5O2. The van der Waals surface area contributed by atoms with E-state index in [4.69, 9.17) is 4.74 Å². The highest BCUT2D eigenvalue weighted by Crippen LogP contribution is 2.15. The molecule has 2 amide bonds. The molecule has 1 N–H and O–H groups in total. The Kier molecular flexibility index (Phi) is 4.45. The minimum absolute atomic E-state index is 0.136. The molecule has 23 heavy (non-hydrogen) atoms. The Labute approximate surface area is 135 Å². The summed E-state index contributed by atoms with van der Waals surface area (Å²) in [5.41, 5.74) is 1.02. The van der Waals surface area contributed by atoms with Crippen LogP contribution in [0.5, 0.6) is 5.75 Å². The Morgan fingerprint density at radius 1 is 1.43 bits per heavy atom. The van der Waals surface area contributed by atoms with Gasteiger partial charge in [0.2, 0.25) is 0 Å². The maximum Gasteiger partial charge on any atom is 0.317 e. The first-order valence-corrected chi connectivity index (χ1v) is 7.70. The summed E-state index contributed by atoms with van der Waals surface area (Å²) in [5, 5.41) is 11.2. The number of aryl methyl sites for hydroxylation is 1. The van der Waals surface area contributed by atoms with E-state index in [9.17, 15) is 4.79 Å². The first-order valence-electron chi connectivity index (χ1n) is 7.70. The van der Waals surface area contributed by atoms with Crippen molar-refractivity contribution < 1.29 is 9.53 Å². The fourth-order valence-corrected chi connectivity index (χ4v) is 2.75. The van der Waals surface area contributed by atoms with Gasteiger partial charge in [-0.3, -0.25) is 0 Å². The molecule has 2 aromatic rings. The van der Waals surface area contributed by atoms with Crippen LogP contribution < -0.4 is 10.1 Å². The minimum Gasteiger partial charge on any atom is -0.497 e. The number of carbonyl (C=O) groups excluding carboxylic acids is 1. The fraction of sp³-hybridized carbons (Fsp3) is 0.438. The van der Waals surface area contributed by atoms with E-state index in [1.807, 2.05) is 24.3 Å². The van der Waals surface area contributed by atoms with Gasteiger partial charge in [0.1, 0.15) is 11.6 Å². The standard InChI is InChI=1S/C16H21N5O2/c1-20(11-12-5-3-6-13(9-12)23-2)16(22)17-10-15-19-18-14-7-4-8-21(14)15/h3,5-6,9H,4,7-8,10-11H2,1-2H3,(H,17,22). The average Bonchev–Trinajstić information content (AvgIpc) is 3.16. The summed E-state index contributed by atoms with van der Waals surface area (Å²) in [4.78, 5) is 13.9. The van der Waals surface area contributed by atoms with Gasteiger partial charge in [0, 0.05) is 26.6 Å². The number of nitrogens with zero attached hydrogens (tertiary/aromatic N) is 4. The number of rotatable bonds is 5. The molecule has 7 nitrogen and oxygen atoms in total. The van der Waals surface area contributed by atoms with E-state index in [0.717, 1.165) is 42.3 Å². The number of urea groups is 1. The smallest absolute Gasteiger partial charge is 0.317 e. The van der Waals surface area contributed by atoms with E-state index in [0.29, 0.717) is 13.1 Å². The zero-order chi connectivity index (χ0) is 16.2. The fourth-order valence-electron chi connectivity index (χ4n) is 2.75. The number of fused-ring (bicyclic) bond motifs is 1. The van der Waals surface area contributed by atoms with Gasteiger partial charge >= 0.3 is 6.03 Å². The van der Waals surface area contributed by atoms with Crippen molar-refractivity contribution in [3.8, 4) is 5.75 Å². The Hall–Kier alpha value is -2.57. The van der Waals surface area contributed by atoms with Gasteiger partial charge in [-0.2, -0.15) is 0 Å². The van der Waals surface area contributed by atoms with E-state index >= 15 is 0 Å². The lowest BCUT2D eigenvalue weighted by Gasteiger charge is -2.18. The number of hydrogen-bond donors (Lipinski definition) is 1. The van der Waals surface area contributed by atoms with Crippen LogP contribution in [0, 0.1) is 0 Å². The number of ether oxygens (including phenoxy) is 1. The lowest BCUT2D eigenvalue weighted by atomic mass is 10.2. The van der Waals surface area contributed by atoms with E-state index in [2.05, 4.69) is 20.1 Å². The predicted octanol–water partition coefficient (Wildman–Crippen LogP) is 1.57. The Morgan fingerprint density at radius 3 is 3.13 bits per heavy atom. The van der Waals surface area contributed by atoms with Crippen molar-refractivity contribution >= 4 is 6.03 Å². The summed E-state index contributed by atoms with van der Waals surface area (Å²) < 4.78 is 7.28. The zero-order valence-electron chi connectivity index (χ0n) is 13.5. The van der Waals surface area contributed by atoms with Crippen LogP contribution in [0.3, 0.4) is 0 Å². The molecule has 2 heterocycles. The third-order valence-electron chi connectivity index (χ3n) is 3.98. The third-order valence-corrected chi connectivity index (χ3v) is 3.98. The quantitative estimate of drug-likeness (QED) is 0.909. The van der Waals surface area contributed by atoms with Gasteiger partial charge in [-0.15, -0.1) is 10.2 Å². The van der Waals surface area contributed by atoms with Gasteiger partial charge < -0.3 is 19.5 Å². The monoisotopic (exact) mass is 315 g/mol. The van der Waals surface area contributed by atoms with Crippen LogP contribution in [0.25, 0.3) is 0 Å². The molecule has 7 heteroatoms. The molecule has 0 radical (unpaired) electrons. The van der Waals surface area contributed by atoms with Gasteiger partial charge in [0.05, 0.1) is 13.7 Å². The maximum absolute atomic E-state index is 12.2. The number of amides is 2. The summed E-state index contributed by atoms with van der Waals surface area (Å²) >= 11 is 0. The molecule has 3 rings (SSSR count). The van der Waals surface area contributed by atoms with Gasteiger partial charge in [-0.25, -0.2) is 4.79 Å². The van der Waals surface area contributed by atoms with Crippen molar-refractivity contribution in [2.45, 2.75) is 32.5 Å². The maximum atomic E-state index is 12.2. The second-order valence-corrected chi connectivity index (χ2v) is 5.65. The van der Waals surface area contributed by atoms with Gasteiger partial charge in [0.25, 0.3) is 0 Å². The van der Waals surface area contributed by atoms with Gasteiger partial charge in [0.15, 0.2) is 5.82 Å². The highest BCUT2D eigenvalue weighted by molar-refractivity contribution is 5.73. The van der Waals surface area contributed by atoms with Crippen LogP contribution in [-0.2, 0) is 26.1 Å². The van der Waals surface area contributed by atoms with Crippen LogP contribution in [-0.4, -0.2) is 39.9 Å². The Bertz CT molecular complexity index is 698. The molecule has 1 aromatic carbocycles. The zero-order valence-corrected chi connectivity index (χ0v) is 13.5. The molecule has 0 fully saturated rings. The second-order valence-electron chi connectivity index (χ2n) is 5.65. The minimum atomic E-state index is -0.136. The lowest BCUT2D eigenvalue weighted by molar-refractivity contribution is 0.206. The molecule has 0 aliphatic carbocycles. The molecule has 122 valence electrons. The summed E-state index contributed by atoms with van der Waals surface area (Å²) in [6.07, 6.45) is 2.07. The van der Waals surface area contributed by atoms with Crippen LogP contribution >= 0.6 is 0 Å². The van der Waals surface area contributed by atoms with Crippen molar-refractivity contribution in [2.24, 2.45) is 0 Å². The largest absolute Gasteiger partial charge is 0.497 e. The number of carbonyl (C=O) groups is 1. The number of nitrogens with one attached hydrogen (secondary N) is 1. The molecule has 0 atom stereocenters. The molecular weight excluding hydrogens is 294 g/mol. The third kappa shape index (κ3) is 3.44.